The van der Waals surface area contributed by atoms with Crippen molar-refractivity contribution in [2.45, 2.75) is 0 Å². The zero-order chi connectivity index (χ0) is 19.1. The first-order valence-corrected chi connectivity index (χ1v) is 8.17. The molecule has 0 atom stereocenters. The number of rotatable bonds is 5. The minimum absolute atomic E-state index is 0.165. The zero-order valence-electron chi connectivity index (χ0n) is 13.9. The summed E-state index contributed by atoms with van der Waals surface area (Å²) in [5.41, 5.74) is 3.58. The summed E-state index contributed by atoms with van der Waals surface area (Å²) in [6, 6.07) is 13.1. The van der Waals surface area contributed by atoms with Gasteiger partial charge in [0.2, 0.25) is 0 Å². The van der Waals surface area contributed by atoms with Gasteiger partial charge in [-0.05, 0) is 48.0 Å². The number of ether oxygens (including phenoxy) is 1. The van der Waals surface area contributed by atoms with Crippen LogP contribution < -0.4 is 10.2 Å². The predicted octanol–water partition coefficient (Wildman–Crippen LogP) is 3.11. The van der Waals surface area contributed by atoms with Crippen LogP contribution in [0.1, 0.15) is 26.4 Å². The lowest BCUT2D eigenvalue weighted by atomic mass is 10.2. The minimum Gasteiger partial charge on any atom is -0.423 e. The van der Waals surface area contributed by atoms with E-state index in [1.165, 1.54) is 30.9 Å². The summed E-state index contributed by atoms with van der Waals surface area (Å²) in [6.07, 6.45) is 5.69. The Bertz CT molecular complexity index is 976. The third kappa shape index (κ3) is 5.20. The van der Waals surface area contributed by atoms with Crippen LogP contribution in [-0.2, 0) is 0 Å². The molecule has 1 aromatic heterocycles. The average molecular weight is 381 g/mol. The Morgan fingerprint density at radius 2 is 1.93 bits per heavy atom. The Labute approximate surface area is 159 Å². The average Bonchev–Trinajstić information content (AvgIpc) is 2.70. The van der Waals surface area contributed by atoms with Gasteiger partial charge in [-0.25, -0.2) is 15.2 Å². The highest BCUT2D eigenvalue weighted by Crippen LogP contribution is 2.16. The molecule has 1 N–H and O–H groups in total. The summed E-state index contributed by atoms with van der Waals surface area (Å²) < 4.78 is 5.28. The Balaban J connectivity index is 1.57. The number of aromatic nitrogens is 2. The highest BCUT2D eigenvalue weighted by atomic mass is 35.5. The van der Waals surface area contributed by atoms with E-state index in [-0.39, 0.29) is 5.69 Å². The van der Waals surface area contributed by atoms with E-state index < -0.39 is 11.9 Å². The number of hydrogen-bond acceptors (Lipinski definition) is 6. The van der Waals surface area contributed by atoms with Gasteiger partial charge in [0.25, 0.3) is 5.91 Å². The molecule has 0 radical (unpaired) electrons. The van der Waals surface area contributed by atoms with Crippen LogP contribution in [0.3, 0.4) is 0 Å². The fourth-order valence-corrected chi connectivity index (χ4v) is 2.23. The fourth-order valence-electron chi connectivity index (χ4n) is 2.04. The first-order valence-electron chi connectivity index (χ1n) is 7.79. The lowest BCUT2D eigenvalue weighted by molar-refractivity contribution is 0.0734. The maximum atomic E-state index is 12.1. The van der Waals surface area contributed by atoms with Gasteiger partial charge in [-0.15, -0.1) is 0 Å². The Morgan fingerprint density at radius 3 is 2.63 bits per heavy atom. The molecule has 1 heterocycles. The molecule has 134 valence electrons. The molecule has 0 fully saturated rings. The van der Waals surface area contributed by atoms with Gasteiger partial charge >= 0.3 is 5.97 Å². The molecular weight excluding hydrogens is 368 g/mol. The molecule has 8 heteroatoms. The second-order valence-electron chi connectivity index (χ2n) is 5.26. The summed E-state index contributed by atoms with van der Waals surface area (Å²) in [4.78, 5) is 31.5. The number of halogens is 1. The van der Waals surface area contributed by atoms with Gasteiger partial charge < -0.3 is 4.74 Å². The monoisotopic (exact) mass is 380 g/mol. The number of esters is 1. The molecule has 7 nitrogen and oxygen atoms in total. The molecule has 0 saturated carbocycles. The van der Waals surface area contributed by atoms with E-state index in [1.54, 1.807) is 42.5 Å². The summed E-state index contributed by atoms with van der Waals surface area (Å²) in [5.74, 6) is -0.595. The quantitative estimate of drug-likeness (QED) is 0.317. The van der Waals surface area contributed by atoms with E-state index in [2.05, 4.69) is 20.5 Å². The molecule has 0 aliphatic carbocycles. The number of amides is 1. The molecule has 1 amide bonds. The molecule has 0 spiro atoms. The van der Waals surface area contributed by atoms with Crippen molar-refractivity contribution < 1.29 is 14.3 Å². The van der Waals surface area contributed by atoms with Gasteiger partial charge in [-0.2, -0.15) is 5.10 Å². The number of carbonyl (C=O) groups excluding carboxylic acids is 2. The van der Waals surface area contributed by atoms with Gasteiger partial charge in [0.05, 0.1) is 18.0 Å². The first-order chi connectivity index (χ1) is 13.1. The summed E-state index contributed by atoms with van der Waals surface area (Å²) in [7, 11) is 0. The van der Waals surface area contributed by atoms with Crippen LogP contribution in [0.2, 0.25) is 5.02 Å². The summed E-state index contributed by atoms with van der Waals surface area (Å²) in [5, 5.41) is 4.31. The first kappa shape index (κ1) is 18.2. The number of benzene rings is 2. The van der Waals surface area contributed by atoms with Crippen molar-refractivity contribution >= 4 is 29.7 Å². The maximum Gasteiger partial charge on any atom is 0.343 e. The minimum atomic E-state index is -0.504. The number of carbonyl (C=O) groups is 2. The van der Waals surface area contributed by atoms with E-state index in [4.69, 9.17) is 16.3 Å². The SMILES string of the molecule is O=C(Oc1ccc(/C=N\NC(=O)c2cnccn2)cc1)c1cccc(Cl)c1. The van der Waals surface area contributed by atoms with Crippen LogP contribution in [-0.4, -0.2) is 28.1 Å². The lowest BCUT2D eigenvalue weighted by Crippen LogP contribution is -2.19. The molecule has 0 unspecified atom stereocenters. The Hall–Kier alpha value is -3.58. The number of hydrazone groups is 1. The fraction of sp³-hybridized carbons (Fsp3) is 0. The van der Waals surface area contributed by atoms with E-state index in [0.29, 0.717) is 21.9 Å². The van der Waals surface area contributed by atoms with Crippen molar-refractivity contribution in [1.82, 2.24) is 15.4 Å². The number of nitrogens with one attached hydrogen (secondary N) is 1. The predicted molar refractivity (Wildman–Crippen MR) is 99.9 cm³/mol. The van der Waals surface area contributed by atoms with Gasteiger partial charge in [0.1, 0.15) is 11.4 Å². The van der Waals surface area contributed by atoms with Crippen molar-refractivity contribution in [2.24, 2.45) is 5.10 Å². The summed E-state index contributed by atoms with van der Waals surface area (Å²) in [6.45, 7) is 0. The van der Waals surface area contributed by atoms with Gasteiger partial charge in [0, 0.05) is 17.4 Å². The van der Waals surface area contributed by atoms with Crippen molar-refractivity contribution in [3.63, 3.8) is 0 Å². The molecule has 0 aliphatic rings. The van der Waals surface area contributed by atoms with Crippen LogP contribution in [0.5, 0.6) is 5.75 Å². The number of hydrogen-bond donors (Lipinski definition) is 1. The third-order valence-corrected chi connectivity index (χ3v) is 3.56. The van der Waals surface area contributed by atoms with Crippen LogP contribution >= 0.6 is 11.6 Å². The van der Waals surface area contributed by atoms with Gasteiger partial charge in [-0.3, -0.25) is 9.78 Å². The molecular formula is C19H13ClN4O3. The third-order valence-electron chi connectivity index (χ3n) is 3.33. The van der Waals surface area contributed by atoms with Crippen molar-refractivity contribution in [3.8, 4) is 5.75 Å². The van der Waals surface area contributed by atoms with Crippen LogP contribution in [0.15, 0.2) is 72.2 Å². The van der Waals surface area contributed by atoms with E-state index >= 15 is 0 Å². The van der Waals surface area contributed by atoms with Crippen LogP contribution in [0.25, 0.3) is 0 Å². The van der Waals surface area contributed by atoms with E-state index in [0.717, 1.165) is 0 Å². The zero-order valence-corrected chi connectivity index (χ0v) is 14.6. The number of nitrogens with zero attached hydrogens (tertiary/aromatic N) is 3. The molecule has 2 aromatic carbocycles. The second-order valence-corrected chi connectivity index (χ2v) is 5.70. The van der Waals surface area contributed by atoms with Crippen LogP contribution in [0, 0.1) is 0 Å². The van der Waals surface area contributed by atoms with Crippen molar-refractivity contribution in [3.05, 3.63) is 89.0 Å². The standard InChI is InChI=1S/C19H13ClN4O3/c20-15-3-1-2-14(10-15)19(26)27-16-6-4-13(5-7-16)11-23-24-18(25)17-12-21-8-9-22-17/h1-12H,(H,24,25)/b23-11-. The van der Waals surface area contributed by atoms with Crippen molar-refractivity contribution in [2.75, 3.05) is 0 Å². The largest absolute Gasteiger partial charge is 0.423 e. The van der Waals surface area contributed by atoms with Crippen LogP contribution in [0.4, 0.5) is 0 Å². The molecule has 0 bridgehead atoms. The van der Waals surface area contributed by atoms with E-state index in [9.17, 15) is 9.59 Å². The molecule has 0 saturated heterocycles. The van der Waals surface area contributed by atoms with Gasteiger partial charge in [0.15, 0.2) is 0 Å². The topological polar surface area (TPSA) is 93.5 Å². The molecule has 27 heavy (non-hydrogen) atoms. The van der Waals surface area contributed by atoms with Gasteiger partial charge in [-0.1, -0.05) is 17.7 Å². The molecule has 3 rings (SSSR count). The Kier molecular flexibility index (Phi) is 5.86. The molecule has 0 aliphatic heterocycles. The van der Waals surface area contributed by atoms with Crippen molar-refractivity contribution in [1.29, 1.82) is 0 Å². The maximum absolute atomic E-state index is 12.1. The molecule has 3 aromatic rings. The Morgan fingerprint density at radius 1 is 1.11 bits per heavy atom. The van der Waals surface area contributed by atoms with E-state index in [1.807, 2.05) is 0 Å². The highest BCUT2D eigenvalue weighted by molar-refractivity contribution is 6.30. The normalized spacial score (nSPS) is 10.6. The highest BCUT2D eigenvalue weighted by Gasteiger charge is 2.09. The lowest BCUT2D eigenvalue weighted by Gasteiger charge is -2.05. The second kappa shape index (κ2) is 8.68. The smallest absolute Gasteiger partial charge is 0.343 e. The summed E-state index contributed by atoms with van der Waals surface area (Å²) >= 11 is 5.86.